The summed E-state index contributed by atoms with van der Waals surface area (Å²) < 4.78 is 0. The van der Waals surface area contributed by atoms with E-state index in [1.54, 1.807) is 29.2 Å². The van der Waals surface area contributed by atoms with E-state index < -0.39 is 0 Å². The Morgan fingerprint density at radius 2 is 1.96 bits per heavy atom. The van der Waals surface area contributed by atoms with Gasteiger partial charge in [0.05, 0.1) is 6.04 Å². The molecule has 2 aliphatic heterocycles. The lowest BCUT2D eigenvalue weighted by Gasteiger charge is -2.36. The highest BCUT2D eigenvalue weighted by Gasteiger charge is 2.32. The van der Waals surface area contributed by atoms with E-state index in [0.29, 0.717) is 37.4 Å². The van der Waals surface area contributed by atoms with Crippen molar-refractivity contribution in [1.29, 1.82) is 0 Å². The molecule has 4 amide bonds. The predicted octanol–water partition coefficient (Wildman–Crippen LogP) is 1.91. The molecule has 2 saturated heterocycles. The number of carbonyl (C=O) groups is 3. The number of piperidine rings is 1. The number of anilines is 1. The fraction of sp³-hybridized carbons (Fsp3) is 0.471. The summed E-state index contributed by atoms with van der Waals surface area (Å²) in [5.41, 5.74) is 1.28. The van der Waals surface area contributed by atoms with Crippen LogP contribution in [0.4, 0.5) is 15.3 Å². The summed E-state index contributed by atoms with van der Waals surface area (Å²) >= 11 is 0. The third kappa shape index (κ3) is 3.50. The first-order valence-electron chi connectivity index (χ1n) is 8.26. The smallest absolute Gasteiger partial charge is 0.321 e. The van der Waals surface area contributed by atoms with E-state index in [1.807, 2.05) is 4.90 Å². The second-order valence-corrected chi connectivity index (χ2v) is 6.23. The number of likely N-dealkylation sites (tertiary alicyclic amines) is 1. The second kappa shape index (κ2) is 6.90. The van der Waals surface area contributed by atoms with Crippen molar-refractivity contribution in [1.82, 2.24) is 15.1 Å². The van der Waals surface area contributed by atoms with E-state index >= 15 is 0 Å². The van der Waals surface area contributed by atoms with Gasteiger partial charge in [0.2, 0.25) is 0 Å². The monoisotopic (exact) mass is 330 g/mol. The van der Waals surface area contributed by atoms with Gasteiger partial charge in [-0.25, -0.2) is 9.59 Å². The number of carbonyl (C=O) groups excluding carboxylic acids is 3. The van der Waals surface area contributed by atoms with E-state index in [1.165, 1.54) is 6.92 Å². The lowest BCUT2D eigenvalue weighted by atomic mass is 10.0. The third-order valence-corrected chi connectivity index (χ3v) is 4.56. The van der Waals surface area contributed by atoms with Gasteiger partial charge in [-0.1, -0.05) is 0 Å². The molecule has 3 rings (SSSR count). The Labute approximate surface area is 141 Å². The molecule has 2 N–H and O–H groups in total. The largest absolute Gasteiger partial charge is 0.336 e. The number of nitrogens with zero attached hydrogens (tertiary/aromatic N) is 2. The summed E-state index contributed by atoms with van der Waals surface area (Å²) in [5, 5.41) is 5.66. The van der Waals surface area contributed by atoms with Crippen molar-refractivity contribution in [2.24, 2.45) is 0 Å². The number of amides is 4. The van der Waals surface area contributed by atoms with Gasteiger partial charge in [-0.15, -0.1) is 0 Å². The first-order valence-corrected chi connectivity index (χ1v) is 8.26. The highest BCUT2D eigenvalue weighted by atomic mass is 16.2. The number of nitrogens with one attached hydrogen (secondary N) is 2. The van der Waals surface area contributed by atoms with Crippen LogP contribution >= 0.6 is 0 Å². The molecular weight excluding hydrogens is 308 g/mol. The Kier molecular flexibility index (Phi) is 4.69. The Balaban J connectivity index is 1.60. The number of hydrogen-bond donors (Lipinski definition) is 2. The molecule has 2 aliphatic rings. The molecule has 0 spiro atoms. The first kappa shape index (κ1) is 16.3. The molecule has 7 nitrogen and oxygen atoms in total. The van der Waals surface area contributed by atoms with E-state index in [4.69, 9.17) is 0 Å². The van der Waals surface area contributed by atoms with Crippen LogP contribution in [0.25, 0.3) is 0 Å². The van der Waals surface area contributed by atoms with E-state index in [-0.39, 0.29) is 23.9 Å². The molecule has 0 radical (unpaired) electrons. The molecule has 128 valence electrons. The molecular formula is C17H22N4O3. The summed E-state index contributed by atoms with van der Waals surface area (Å²) in [4.78, 5) is 39.1. The fourth-order valence-corrected chi connectivity index (χ4v) is 3.22. The zero-order valence-corrected chi connectivity index (χ0v) is 13.7. The number of rotatable bonds is 3. The lowest BCUT2D eigenvalue weighted by Crippen LogP contribution is -2.51. The number of urea groups is 2. The minimum Gasteiger partial charge on any atom is -0.336 e. The lowest BCUT2D eigenvalue weighted by molar-refractivity contribution is 0.101. The Hall–Kier alpha value is -2.57. The van der Waals surface area contributed by atoms with Crippen LogP contribution in [0.15, 0.2) is 24.3 Å². The van der Waals surface area contributed by atoms with Crippen LogP contribution in [0.3, 0.4) is 0 Å². The van der Waals surface area contributed by atoms with Crippen molar-refractivity contribution in [3.05, 3.63) is 29.8 Å². The summed E-state index contributed by atoms with van der Waals surface area (Å²) in [5.74, 6) is -0.00404. The molecule has 2 fully saturated rings. The van der Waals surface area contributed by atoms with Crippen LogP contribution in [0, 0.1) is 0 Å². The number of Topliss-reactive ketones (excluding diaryl/α,β-unsaturated/α-hetero) is 1. The fourth-order valence-electron chi connectivity index (χ4n) is 3.22. The summed E-state index contributed by atoms with van der Waals surface area (Å²) in [6.45, 7) is 4.11. The topological polar surface area (TPSA) is 81.8 Å². The van der Waals surface area contributed by atoms with Crippen LogP contribution < -0.4 is 10.6 Å². The molecule has 0 saturated carbocycles. The number of ketones is 1. The van der Waals surface area contributed by atoms with Gasteiger partial charge in [-0.3, -0.25) is 4.79 Å². The van der Waals surface area contributed by atoms with Crippen molar-refractivity contribution >= 4 is 23.5 Å². The molecule has 2 heterocycles. The Morgan fingerprint density at radius 3 is 2.58 bits per heavy atom. The zero-order chi connectivity index (χ0) is 17.1. The van der Waals surface area contributed by atoms with Crippen molar-refractivity contribution in [2.75, 3.05) is 31.5 Å². The van der Waals surface area contributed by atoms with Gasteiger partial charge >= 0.3 is 12.1 Å². The SMILES string of the molecule is CC(=O)c1ccc(NC(=O)N2CCC[C@@H](N3CCNC3=O)C2)cc1. The van der Waals surface area contributed by atoms with Gasteiger partial charge < -0.3 is 20.4 Å². The average molecular weight is 330 g/mol. The summed E-state index contributed by atoms with van der Waals surface area (Å²) in [7, 11) is 0. The Bertz CT molecular complexity index is 644. The maximum atomic E-state index is 12.5. The first-order chi connectivity index (χ1) is 11.5. The maximum Gasteiger partial charge on any atom is 0.321 e. The van der Waals surface area contributed by atoms with Crippen LogP contribution in [0.1, 0.15) is 30.1 Å². The van der Waals surface area contributed by atoms with E-state index in [9.17, 15) is 14.4 Å². The van der Waals surface area contributed by atoms with Gasteiger partial charge in [0, 0.05) is 37.4 Å². The molecule has 0 unspecified atom stereocenters. The molecule has 1 atom stereocenters. The minimum atomic E-state index is -0.171. The molecule has 0 bridgehead atoms. The molecule has 0 aliphatic carbocycles. The third-order valence-electron chi connectivity index (χ3n) is 4.56. The predicted molar refractivity (Wildman–Crippen MR) is 90.2 cm³/mol. The molecule has 1 aromatic rings. The summed E-state index contributed by atoms with van der Waals surface area (Å²) in [6.07, 6.45) is 1.80. The molecule has 7 heteroatoms. The van der Waals surface area contributed by atoms with Crippen molar-refractivity contribution in [2.45, 2.75) is 25.8 Å². The normalized spacial score (nSPS) is 20.7. The minimum absolute atomic E-state index is 0.00404. The van der Waals surface area contributed by atoms with Gasteiger partial charge in [0.15, 0.2) is 5.78 Å². The van der Waals surface area contributed by atoms with Crippen LogP contribution in [-0.4, -0.2) is 59.9 Å². The Morgan fingerprint density at radius 1 is 1.21 bits per heavy atom. The highest BCUT2D eigenvalue weighted by Crippen LogP contribution is 2.19. The van der Waals surface area contributed by atoms with E-state index in [0.717, 1.165) is 12.8 Å². The average Bonchev–Trinajstić information content (AvgIpc) is 3.01. The van der Waals surface area contributed by atoms with Crippen molar-refractivity contribution < 1.29 is 14.4 Å². The second-order valence-electron chi connectivity index (χ2n) is 6.23. The molecule has 24 heavy (non-hydrogen) atoms. The van der Waals surface area contributed by atoms with Gasteiger partial charge in [-0.05, 0) is 44.0 Å². The quantitative estimate of drug-likeness (QED) is 0.831. The molecule has 1 aromatic carbocycles. The van der Waals surface area contributed by atoms with Crippen LogP contribution in [0.2, 0.25) is 0 Å². The van der Waals surface area contributed by atoms with Gasteiger partial charge in [0.1, 0.15) is 0 Å². The van der Waals surface area contributed by atoms with Crippen molar-refractivity contribution in [3.8, 4) is 0 Å². The number of hydrogen-bond acceptors (Lipinski definition) is 3. The van der Waals surface area contributed by atoms with E-state index in [2.05, 4.69) is 10.6 Å². The van der Waals surface area contributed by atoms with Gasteiger partial charge in [0.25, 0.3) is 0 Å². The number of benzene rings is 1. The van der Waals surface area contributed by atoms with Gasteiger partial charge in [-0.2, -0.15) is 0 Å². The summed E-state index contributed by atoms with van der Waals surface area (Å²) in [6, 6.07) is 6.72. The highest BCUT2D eigenvalue weighted by molar-refractivity contribution is 5.95. The van der Waals surface area contributed by atoms with Crippen LogP contribution in [-0.2, 0) is 0 Å². The standard InChI is InChI=1S/C17H22N4O3/c1-12(22)13-4-6-14(7-5-13)19-17(24)20-9-2-3-15(11-20)21-10-8-18-16(21)23/h4-7,15H,2-3,8-11H2,1H3,(H,18,23)(H,19,24)/t15-/m1/s1. The maximum absolute atomic E-state index is 12.5. The molecule has 0 aromatic heterocycles. The zero-order valence-electron chi connectivity index (χ0n) is 13.7. The van der Waals surface area contributed by atoms with Crippen LogP contribution in [0.5, 0.6) is 0 Å². The van der Waals surface area contributed by atoms with Crippen molar-refractivity contribution in [3.63, 3.8) is 0 Å².